The molecular weight excluding hydrogens is 438 g/mol. The van der Waals surface area contributed by atoms with Crippen molar-refractivity contribution in [2.45, 2.75) is 27.2 Å². The second kappa shape index (κ2) is 7.63. The fraction of sp³-hybridized carbons (Fsp3) is 0.152. The Balaban J connectivity index is 1.52. The third-order valence-electron chi connectivity index (χ3n) is 7.10. The molecule has 0 saturated heterocycles. The molecule has 0 amide bonds. The first-order valence-corrected chi connectivity index (χ1v) is 12.5. The molecule has 0 saturated carbocycles. The van der Waals surface area contributed by atoms with Crippen molar-refractivity contribution in [2.75, 3.05) is 0 Å². The molecule has 3 aromatic carbocycles. The maximum absolute atomic E-state index is 5.03. The number of rotatable bonds is 3. The second-order valence-corrected chi connectivity index (χ2v) is 11.0. The average molecular weight is 466 g/mol. The minimum atomic E-state index is 0.225. The zero-order valence-corrected chi connectivity index (χ0v) is 20.8. The normalized spacial score (nSPS) is 12.4. The van der Waals surface area contributed by atoms with Crippen molar-refractivity contribution < 1.29 is 0 Å². The van der Waals surface area contributed by atoms with Crippen LogP contribution in [0.5, 0.6) is 0 Å². The van der Waals surface area contributed by atoms with Gasteiger partial charge in [0.25, 0.3) is 0 Å². The van der Waals surface area contributed by atoms with Crippen molar-refractivity contribution in [2.24, 2.45) is 5.41 Å². The monoisotopic (exact) mass is 465 g/mol. The number of hydrogen-bond donors (Lipinski definition) is 0. The largest absolute Gasteiger partial charge is 0.293 e. The van der Waals surface area contributed by atoms with Crippen molar-refractivity contribution in [1.82, 2.24) is 14.4 Å². The van der Waals surface area contributed by atoms with Gasteiger partial charge in [0.1, 0.15) is 5.65 Å². The van der Waals surface area contributed by atoms with Gasteiger partial charge in [-0.1, -0.05) is 69.3 Å². The Kier molecular flexibility index (Phi) is 4.47. The predicted octanol–water partition coefficient (Wildman–Crippen LogP) is 8.55. The van der Waals surface area contributed by atoms with E-state index in [1.165, 1.54) is 49.3 Å². The Labute approximate surface area is 210 Å². The minimum Gasteiger partial charge on any atom is -0.293 e. The number of benzene rings is 3. The SMILES string of the molecule is CC(C)(C)Cc1ccnc(-c2cnc3c(c2)c2cc(-c4ccccc4)cc4c5ccccc5n3c42)c1. The summed E-state index contributed by atoms with van der Waals surface area (Å²) in [6.07, 6.45) is 4.92. The highest BCUT2D eigenvalue weighted by atomic mass is 15.0. The predicted molar refractivity (Wildman–Crippen MR) is 151 cm³/mol. The molecule has 7 aromatic rings. The van der Waals surface area contributed by atoms with Gasteiger partial charge in [-0.2, -0.15) is 0 Å². The smallest absolute Gasteiger partial charge is 0.145 e. The van der Waals surface area contributed by atoms with Gasteiger partial charge in [-0.05, 0) is 64.9 Å². The van der Waals surface area contributed by atoms with Crippen LogP contribution in [0.4, 0.5) is 0 Å². The van der Waals surface area contributed by atoms with E-state index in [1.807, 2.05) is 12.4 Å². The molecule has 0 aliphatic rings. The number of hydrogen-bond acceptors (Lipinski definition) is 2. The van der Waals surface area contributed by atoms with E-state index in [1.54, 1.807) is 0 Å². The van der Waals surface area contributed by atoms with Crippen molar-refractivity contribution in [1.29, 1.82) is 0 Å². The summed E-state index contributed by atoms with van der Waals surface area (Å²) in [4.78, 5) is 9.75. The quantitative estimate of drug-likeness (QED) is 0.262. The molecular formula is C33H27N3. The highest BCUT2D eigenvalue weighted by Gasteiger charge is 2.20. The van der Waals surface area contributed by atoms with Crippen LogP contribution in [0.3, 0.4) is 0 Å². The molecule has 0 aliphatic carbocycles. The van der Waals surface area contributed by atoms with Crippen LogP contribution in [0.1, 0.15) is 26.3 Å². The second-order valence-electron chi connectivity index (χ2n) is 11.0. The van der Waals surface area contributed by atoms with Gasteiger partial charge < -0.3 is 0 Å². The molecule has 0 fully saturated rings. The molecule has 0 aliphatic heterocycles. The van der Waals surface area contributed by atoms with E-state index in [-0.39, 0.29) is 5.41 Å². The summed E-state index contributed by atoms with van der Waals surface area (Å²) in [6.45, 7) is 6.81. The summed E-state index contributed by atoms with van der Waals surface area (Å²) >= 11 is 0. The van der Waals surface area contributed by atoms with Gasteiger partial charge >= 0.3 is 0 Å². The van der Waals surface area contributed by atoms with Crippen LogP contribution in [-0.4, -0.2) is 14.4 Å². The van der Waals surface area contributed by atoms with Crippen LogP contribution in [0.15, 0.2) is 97.3 Å². The Hall–Kier alpha value is -4.24. The molecule has 4 heterocycles. The molecule has 0 bridgehead atoms. The van der Waals surface area contributed by atoms with Crippen molar-refractivity contribution in [3.8, 4) is 22.4 Å². The lowest BCUT2D eigenvalue weighted by atomic mass is 9.88. The Bertz CT molecular complexity index is 1890. The summed E-state index contributed by atoms with van der Waals surface area (Å²) < 4.78 is 2.33. The Morgan fingerprint density at radius 3 is 2.19 bits per heavy atom. The van der Waals surface area contributed by atoms with E-state index >= 15 is 0 Å². The van der Waals surface area contributed by atoms with E-state index in [0.717, 1.165) is 23.3 Å². The molecule has 3 heteroatoms. The first kappa shape index (κ1) is 21.1. The molecule has 0 atom stereocenters. The first-order valence-electron chi connectivity index (χ1n) is 12.5. The van der Waals surface area contributed by atoms with Crippen molar-refractivity contribution in [3.05, 3.63) is 103 Å². The third kappa shape index (κ3) is 3.27. The van der Waals surface area contributed by atoms with Gasteiger partial charge in [-0.15, -0.1) is 0 Å². The number of pyridine rings is 2. The highest BCUT2D eigenvalue weighted by molar-refractivity contribution is 6.24. The Morgan fingerprint density at radius 2 is 1.39 bits per heavy atom. The minimum absolute atomic E-state index is 0.225. The van der Waals surface area contributed by atoms with Crippen molar-refractivity contribution >= 4 is 38.2 Å². The Morgan fingerprint density at radius 1 is 0.667 bits per heavy atom. The fourth-order valence-corrected chi connectivity index (χ4v) is 5.65. The molecule has 0 unspecified atom stereocenters. The third-order valence-corrected chi connectivity index (χ3v) is 7.10. The van der Waals surface area contributed by atoms with E-state index in [9.17, 15) is 0 Å². The van der Waals surface area contributed by atoms with Crippen LogP contribution in [-0.2, 0) is 6.42 Å². The van der Waals surface area contributed by atoms with Gasteiger partial charge in [0, 0.05) is 39.5 Å². The van der Waals surface area contributed by atoms with E-state index < -0.39 is 0 Å². The summed E-state index contributed by atoms with van der Waals surface area (Å²) in [5.41, 5.74) is 9.44. The molecule has 0 N–H and O–H groups in total. The molecule has 0 spiro atoms. The fourth-order valence-electron chi connectivity index (χ4n) is 5.65. The number of nitrogens with zero attached hydrogens (tertiary/aromatic N) is 3. The van der Waals surface area contributed by atoms with Gasteiger partial charge in [0.05, 0.1) is 16.7 Å². The zero-order chi connectivity index (χ0) is 24.4. The van der Waals surface area contributed by atoms with Crippen LogP contribution in [0.25, 0.3) is 60.6 Å². The van der Waals surface area contributed by atoms with Crippen LogP contribution < -0.4 is 0 Å². The average Bonchev–Trinajstić information content (AvgIpc) is 3.39. The lowest BCUT2D eigenvalue weighted by molar-refractivity contribution is 0.411. The zero-order valence-electron chi connectivity index (χ0n) is 20.8. The molecule has 174 valence electrons. The number of aromatic nitrogens is 3. The topological polar surface area (TPSA) is 30.2 Å². The lowest BCUT2D eigenvalue weighted by Crippen LogP contribution is -2.09. The molecule has 36 heavy (non-hydrogen) atoms. The highest BCUT2D eigenvalue weighted by Crippen LogP contribution is 2.41. The van der Waals surface area contributed by atoms with E-state index in [4.69, 9.17) is 9.97 Å². The first-order chi connectivity index (χ1) is 17.5. The van der Waals surface area contributed by atoms with Gasteiger partial charge in [-0.3, -0.25) is 9.38 Å². The number of para-hydroxylation sites is 1. The molecule has 7 rings (SSSR count). The molecule has 0 radical (unpaired) electrons. The number of fused-ring (bicyclic) bond motifs is 6. The summed E-state index contributed by atoms with van der Waals surface area (Å²) in [7, 11) is 0. The summed E-state index contributed by atoms with van der Waals surface area (Å²) in [6, 6.07) is 30.6. The molecule has 4 aromatic heterocycles. The maximum Gasteiger partial charge on any atom is 0.145 e. The summed E-state index contributed by atoms with van der Waals surface area (Å²) in [5.74, 6) is 0. The maximum atomic E-state index is 5.03. The standard InChI is InChI=1S/C33H27N3/c1-33(2,3)19-21-13-14-34-29(15-21)24-18-28-27-17-23(22-9-5-4-6-10-22)16-26-25-11-7-8-12-30(25)36(31(26)27)32(28)35-20-24/h4-18,20H,19H2,1-3H3. The van der Waals surface area contributed by atoms with Gasteiger partial charge in [0.2, 0.25) is 0 Å². The van der Waals surface area contributed by atoms with Crippen LogP contribution >= 0.6 is 0 Å². The van der Waals surface area contributed by atoms with E-state index in [0.29, 0.717) is 0 Å². The van der Waals surface area contributed by atoms with Crippen LogP contribution in [0.2, 0.25) is 0 Å². The van der Waals surface area contributed by atoms with E-state index in [2.05, 4.69) is 110 Å². The van der Waals surface area contributed by atoms with Gasteiger partial charge in [-0.25, -0.2) is 4.98 Å². The van der Waals surface area contributed by atoms with Crippen LogP contribution in [0, 0.1) is 5.41 Å². The molecule has 3 nitrogen and oxygen atoms in total. The van der Waals surface area contributed by atoms with Gasteiger partial charge in [0.15, 0.2) is 0 Å². The lowest BCUT2D eigenvalue weighted by Gasteiger charge is -2.18. The van der Waals surface area contributed by atoms with Crippen molar-refractivity contribution in [3.63, 3.8) is 0 Å². The summed E-state index contributed by atoms with van der Waals surface area (Å²) in [5, 5.41) is 4.93.